The molecule has 1 aliphatic rings. The molecule has 2 unspecified atom stereocenters. The molecule has 136 valence electrons. The van der Waals surface area contributed by atoms with Crippen LogP contribution in [0.3, 0.4) is 0 Å². The minimum Gasteiger partial charge on any atom is -0.488 e. The molecule has 1 heterocycles. The van der Waals surface area contributed by atoms with Gasteiger partial charge in [0.1, 0.15) is 17.1 Å². The highest BCUT2D eigenvalue weighted by Crippen LogP contribution is 2.29. The Hall–Kier alpha value is -2.47. The number of para-hydroxylation sites is 1. The molecule has 26 heavy (non-hydrogen) atoms. The number of amides is 1. The number of hydrogen-bond acceptors (Lipinski definition) is 5. The van der Waals surface area contributed by atoms with E-state index < -0.39 is 0 Å². The van der Waals surface area contributed by atoms with E-state index >= 15 is 0 Å². The summed E-state index contributed by atoms with van der Waals surface area (Å²) in [6, 6.07) is 15.2. The lowest BCUT2D eigenvalue weighted by Crippen LogP contribution is -2.34. The van der Waals surface area contributed by atoms with Crippen molar-refractivity contribution in [2.24, 2.45) is 0 Å². The fraction of sp³-hybridized carbons (Fsp3) is 0.300. The Kier molecular flexibility index (Phi) is 5.83. The molecule has 0 saturated heterocycles. The molecule has 2 atom stereocenters. The molecular formula is C20H21NO4S. The lowest BCUT2D eigenvalue weighted by Gasteiger charge is -2.15. The lowest BCUT2D eigenvalue weighted by molar-refractivity contribution is -0.139. The fourth-order valence-corrected chi connectivity index (χ4v) is 3.85. The van der Waals surface area contributed by atoms with Gasteiger partial charge in [0.15, 0.2) is 0 Å². The zero-order valence-electron chi connectivity index (χ0n) is 14.7. The Balaban J connectivity index is 1.61. The van der Waals surface area contributed by atoms with Crippen molar-refractivity contribution in [3.8, 4) is 5.75 Å². The minimum absolute atomic E-state index is 0.0647. The van der Waals surface area contributed by atoms with Gasteiger partial charge in [0.25, 0.3) is 5.91 Å². The van der Waals surface area contributed by atoms with Crippen LogP contribution in [0.4, 0.5) is 0 Å². The van der Waals surface area contributed by atoms with Gasteiger partial charge in [-0.05, 0) is 30.7 Å². The Bertz CT molecular complexity index is 783. The van der Waals surface area contributed by atoms with Crippen LogP contribution in [0.5, 0.6) is 5.75 Å². The molecule has 0 saturated carbocycles. The zero-order valence-corrected chi connectivity index (χ0v) is 15.5. The van der Waals surface area contributed by atoms with Gasteiger partial charge in [0, 0.05) is 11.3 Å². The molecular weight excluding hydrogens is 350 g/mol. The Morgan fingerprint density at radius 3 is 2.73 bits per heavy atom. The standard InChI is InChI=1S/C20H21NO4S/c1-13(20(23)24-2)26-18-10-6-4-8-16(18)19(22)21-12-15-11-14-7-3-5-9-17(14)25-15/h3-10,13,15H,11-12H2,1-2H3,(H,21,22). The number of thioether (sulfide) groups is 1. The van der Waals surface area contributed by atoms with E-state index in [2.05, 4.69) is 5.32 Å². The quantitative estimate of drug-likeness (QED) is 0.624. The Labute approximate surface area is 157 Å². The molecule has 0 bridgehead atoms. The maximum Gasteiger partial charge on any atom is 0.318 e. The van der Waals surface area contributed by atoms with E-state index in [0.29, 0.717) is 12.1 Å². The van der Waals surface area contributed by atoms with Crippen LogP contribution in [0.2, 0.25) is 0 Å². The highest BCUT2D eigenvalue weighted by Gasteiger charge is 2.24. The average molecular weight is 371 g/mol. The van der Waals surface area contributed by atoms with Crippen molar-refractivity contribution >= 4 is 23.6 Å². The third-order valence-corrected chi connectivity index (χ3v) is 5.33. The highest BCUT2D eigenvalue weighted by molar-refractivity contribution is 8.00. The first-order chi connectivity index (χ1) is 12.6. The normalized spacial score (nSPS) is 16.3. The summed E-state index contributed by atoms with van der Waals surface area (Å²) in [5.41, 5.74) is 1.71. The first kappa shape index (κ1) is 18.3. The van der Waals surface area contributed by atoms with E-state index in [1.54, 1.807) is 13.0 Å². The number of ether oxygens (including phenoxy) is 2. The van der Waals surface area contributed by atoms with Gasteiger partial charge in [-0.25, -0.2) is 0 Å². The van der Waals surface area contributed by atoms with Gasteiger partial charge in [-0.2, -0.15) is 0 Å². The van der Waals surface area contributed by atoms with Crippen LogP contribution in [0.1, 0.15) is 22.8 Å². The van der Waals surface area contributed by atoms with Gasteiger partial charge in [0.2, 0.25) is 0 Å². The maximum absolute atomic E-state index is 12.6. The third kappa shape index (κ3) is 4.19. The van der Waals surface area contributed by atoms with Crippen LogP contribution in [-0.4, -0.2) is 36.9 Å². The highest BCUT2D eigenvalue weighted by atomic mass is 32.2. The number of esters is 1. The summed E-state index contributed by atoms with van der Waals surface area (Å²) in [6.07, 6.45) is 0.719. The number of carbonyl (C=O) groups is 2. The van der Waals surface area contributed by atoms with E-state index in [-0.39, 0.29) is 23.2 Å². The van der Waals surface area contributed by atoms with Gasteiger partial charge in [-0.3, -0.25) is 9.59 Å². The molecule has 1 amide bonds. The van der Waals surface area contributed by atoms with Crippen LogP contribution < -0.4 is 10.1 Å². The van der Waals surface area contributed by atoms with Crippen LogP contribution >= 0.6 is 11.8 Å². The van der Waals surface area contributed by atoms with Crippen molar-refractivity contribution in [2.45, 2.75) is 29.6 Å². The number of benzene rings is 2. The number of nitrogens with one attached hydrogen (secondary N) is 1. The largest absolute Gasteiger partial charge is 0.488 e. The molecule has 5 nitrogen and oxygen atoms in total. The molecule has 0 radical (unpaired) electrons. The molecule has 1 aliphatic heterocycles. The fourth-order valence-electron chi connectivity index (χ4n) is 2.83. The van der Waals surface area contributed by atoms with Crippen molar-refractivity contribution in [3.63, 3.8) is 0 Å². The molecule has 2 aromatic rings. The molecule has 2 aromatic carbocycles. The van der Waals surface area contributed by atoms with Crippen molar-refractivity contribution in [1.82, 2.24) is 5.32 Å². The number of methoxy groups -OCH3 is 1. The van der Waals surface area contributed by atoms with Gasteiger partial charge >= 0.3 is 5.97 Å². The van der Waals surface area contributed by atoms with Gasteiger partial charge in [-0.1, -0.05) is 30.3 Å². The van der Waals surface area contributed by atoms with E-state index in [1.165, 1.54) is 18.9 Å². The van der Waals surface area contributed by atoms with Crippen LogP contribution in [0.15, 0.2) is 53.4 Å². The van der Waals surface area contributed by atoms with E-state index in [9.17, 15) is 9.59 Å². The lowest BCUT2D eigenvalue weighted by atomic mass is 10.1. The van der Waals surface area contributed by atoms with E-state index in [1.807, 2.05) is 42.5 Å². The van der Waals surface area contributed by atoms with Crippen molar-refractivity contribution in [1.29, 1.82) is 0 Å². The summed E-state index contributed by atoms with van der Waals surface area (Å²) in [4.78, 5) is 25.0. The summed E-state index contributed by atoms with van der Waals surface area (Å²) in [6.45, 7) is 2.19. The average Bonchev–Trinajstić information content (AvgIpc) is 3.08. The summed E-state index contributed by atoms with van der Waals surface area (Å²) in [5.74, 6) is 0.390. The summed E-state index contributed by atoms with van der Waals surface area (Å²) >= 11 is 1.31. The molecule has 3 rings (SSSR count). The maximum atomic E-state index is 12.6. The number of carbonyl (C=O) groups excluding carboxylic acids is 2. The smallest absolute Gasteiger partial charge is 0.318 e. The van der Waals surface area contributed by atoms with Crippen LogP contribution in [-0.2, 0) is 16.0 Å². The second-order valence-electron chi connectivity index (χ2n) is 6.04. The summed E-state index contributed by atoms with van der Waals surface area (Å²) < 4.78 is 10.6. The second kappa shape index (κ2) is 8.27. The predicted octanol–water partition coefficient (Wildman–Crippen LogP) is 3.07. The van der Waals surface area contributed by atoms with E-state index in [4.69, 9.17) is 9.47 Å². The minimum atomic E-state index is -0.387. The molecule has 6 heteroatoms. The van der Waals surface area contributed by atoms with Crippen molar-refractivity contribution in [2.75, 3.05) is 13.7 Å². The SMILES string of the molecule is COC(=O)C(C)Sc1ccccc1C(=O)NCC1Cc2ccccc2O1. The Morgan fingerprint density at radius 2 is 1.96 bits per heavy atom. The second-order valence-corrected chi connectivity index (χ2v) is 7.42. The third-order valence-electron chi connectivity index (χ3n) is 4.17. The molecule has 0 spiro atoms. The van der Waals surface area contributed by atoms with Gasteiger partial charge in [-0.15, -0.1) is 11.8 Å². The Morgan fingerprint density at radius 1 is 1.23 bits per heavy atom. The monoisotopic (exact) mass is 371 g/mol. The molecule has 0 aliphatic carbocycles. The number of fused-ring (bicyclic) bond motifs is 1. The topological polar surface area (TPSA) is 64.6 Å². The summed E-state index contributed by atoms with van der Waals surface area (Å²) in [5, 5.41) is 2.55. The molecule has 0 aromatic heterocycles. The van der Waals surface area contributed by atoms with E-state index in [0.717, 1.165) is 22.6 Å². The first-order valence-corrected chi connectivity index (χ1v) is 9.32. The van der Waals surface area contributed by atoms with Crippen molar-refractivity contribution in [3.05, 3.63) is 59.7 Å². The van der Waals surface area contributed by atoms with Crippen LogP contribution in [0.25, 0.3) is 0 Å². The number of hydrogen-bond donors (Lipinski definition) is 1. The van der Waals surface area contributed by atoms with Gasteiger partial charge in [0.05, 0.1) is 19.2 Å². The molecule has 0 fully saturated rings. The first-order valence-electron chi connectivity index (χ1n) is 8.44. The summed E-state index contributed by atoms with van der Waals surface area (Å²) in [7, 11) is 1.36. The van der Waals surface area contributed by atoms with Gasteiger partial charge < -0.3 is 14.8 Å². The van der Waals surface area contributed by atoms with Crippen molar-refractivity contribution < 1.29 is 19.1 Å². The predicted molar refractivity (Wildman–Crippen MR) is 101 cm³/mol. The molecule has 1 N–H and O–H groups in total. The number of rotatable bonds is 6. The zero-order chi connectivity index (χ0) is 18.5. The van der Waals surface area contributed by atoms with Crippen LogP contribution in [0, 0.1) is 0 Å².